The van der Waals surface area contributed by atoms with Gasteiger partial charge in [0.15, 0.2) is 10.1 Å². The summed E-state index contributed by atoms with van der Waals surface area (Å²) >= 11 is 2.95. The minimum atomic E-state index is -0.189. The normalized spacial score (nSPS) is 11.1. The van der Waals surface area contributed by atoms with E-state index in [1.54, 1.807) is 6.08 Å². The molecule has 0 spiro atoms. The number of carbonyl (C=O) groups is 2. The fraction of sp³-hybridized carbons (Fsp3) is 0.0417. The highest BCUT2D eigenvalue weighted by molar-refractivity contribution is 8.01. The van der Waals surface area contributed by atoms with Crippen molar-refractivity contribution in [3.8, 4) is 0 Å². The molecule has 0 unspecified atom stereocenters. The van der Waals surface area contributed by atoms with Crippen LogP contribution in [0.4, 0.5) is 5.69 Å². The van der Waals surface area contributed by atoms with E-state index in [1.165, 1.54) is 29.2 Å². The van der Waals surface area contributed by atoms with Crippen LogP contribution < -0.4 is 5.32 Å². The Hall–Kier alpha value is -3.22. The zero-order chi connectivity index (χ0) is 20.8. The highest BCUT2D eigenvalue weighted by Gasteiger charge is 2.10. The van der Waals surface area contributed by atoms with Gasteiger partial charge in [0, 0.05) is 17.3 Å². The predicted molar refractivity (Wildman–Crippen MR) is 125 cm³/mol. The average molecular weight is 431 g/mol. The lowest BCUT2D eigenvalue weighted by Gasteiger charge is -2.01. The maximum Gasteiger partial charge on any atom is 0.248 e. The molecule has 0 aliphatic carbocycles. The Morgan fingerprint density at radius 3 is 2.47 bits per heavy atom. The standard InChI is InChI=1S/C24H18N2O2S2/c27-21(18-9-5-2-6-10-18)16-29-24-26-20-13-12-19(15-22(20)30-24)25-23(28)14-11-17-7-3-1-4-8-17/h1-15H,16H2,(H,25,28)/b14-11+. The number of ketones is 1. The van der Waals surface area contributed by atoms with Crippen LogP contribution in [0.5, 0.6) is 0 Å². The summed E-state index contributed by atoms with van der Waals surface area (Å²) in [6, 6.07) is 24.6. The van der Waals surface area contributed by atoms with E-state index < -0.39 is 0 Å². The van der Waals surface area contributed by atoms with Crippen molar-refractivity contribution in [1.82, 2.24) is 4.98 Å². The van der Waals surface area contributed by atoms with Crippen LogP contribution in [-0.2, 0) is 4.79 Å². The zero-order valence-corrected chi connectivity index (χ0v) is 17.6. The van der Waals surface area contributed by atoms with Crippen LogP contribution in [0.15, 0.2) is 89.3 Å². The number of carbonyl (C=O) groups excluding carboxylic acids is 2. The third-order valence-electron chi connectivity index (χ3n) is 4.29. The summed E-state index contributed by atoms with van der Waals surface area (Å²) < 4.78 is 1.80. The van der Waals surface area contributed by atoms with Crippen molar-refractivity contribution in [1.29, 1.82) is 0 Å². The summed E-state index contributed by atoms with van der Waals surface area (Å²) in [4.78, 5) is 29.0. The van der Waals surface area contributed by atoms with Gasteiger partial charge in [-0.2, -0.15) is 0 Å². The lowest BCUT2D eigenvalue weighted by molar-refractivity contribution is -0.111. The molecule has 0 aliphatic heterocycles. The molecule has 0 saturated carbocycles. The average Bonchev–Trinajstić information content (AvgIpc) is 3.19. The first-order valence-corrected chi connectivity index (χ1v) is 11.1. The maximum absolute atomic E-state index is 12.3. The number of Topliss-reactive ketones (excluding diaryl/α,β-unsaturated/α-hetero) is 1. The van der Waals surface area contributed by atoms with Gasteiger partial charge < -0.3 is 5.32 Å². The minimum Gasteiger partial charge on any atom is -0.322 e. The van der Waals surface area contributed by atoms with Gasteiger partial charge in [0.05, 0.1) is 16.0 Å². The summed E-state index contributed by atoms with van der Waals surface area (Å²) in [6.07, 6.45) is 3.29. The van der Waals surface area contributed by atoms with E-state index in [4.69, 9.17) is 0 Å². The third kappa shape index (κ3) is 5.23. The number of anilines is 1. The number of nitrogens with one attached hydrogen (secondary N) is 1. The molecule has 1 heterocycles. The van der Waals surface area contributed by atoms with Crippen molar-refractivity contribution in [3.63, 3.8) is 0 Å². The topological polar surface area (TPSA) is 59.1 Å². The number of amides is 1. The Bertz CT molecular complexity index is 1200. The molecule has 0 saturated heterocycles. The Balaban J connectivity index is 1.39. The summed E-state index contributed by atoms with van der Waals surface area (Å²) in [7, 11) is 0. The van der Waals surface area contributed by atoms with E-state index in [1.807, 2.05) is 78.9 Å². The van der Waals surface area contributed by atoms with Gasteiger partial charge in [-0.3, -0.25) is 9.59 Å². The van der Waals surface area contributed by atoms with Crippen molar-refractivity contribution < 1.29 is 9.59 Å². The van der Waals surface area contributed by atoms with Crippen LogP contribution in [0, 0.1) is 0 Å². The van der Waals surface area contributed by atoms with Gasteiger partial charge in [-0.05, 0) is 29.8 Å². The number of nitrogens with zero attached hydrogens (tertiary/aromatic N) is 1. The van der Waals surface area contributed by atoms with Gasteiger partial charge >= 0.3 is 0 Å². The number of benzene rings is 3. The molecule has 0 fully saturated rings. The first-order chi connectivity index (χ1) is 14.7. The quantitative estimate of drug-likeness (QED) is 0.224. The van der Waals surface area contributed by atoms with E-state index in [2.05, 4.69) is 10.3 Å². The van der Waals surface area contributed by atoms with Crippen molar-refractivity contribution in [2.75, 3.05) is 11.1 Å². The molecule has 4 nitrogen and oxygen atoms in total. The van der Waals surface area contributed by atoms with Crippen molar-refractivity contribution in [2.45, 2.75) is 4.34 Å². The van der Waals surface area contributed by atoms with E-state index in [9.17, 15) is 9.59 Å². The van der Waals surface area contributed by atoms with Gasteiger partial charge in [-0.15, -0.1) is 11.3 Å². The first-order valence-electron chi connectivity index (χ1n) is 9.33. The van der Waals surface area contributed by atoms with Crippen LogP contribution in [0.1, 0.15) is 15.9 Å². The lowest BCUT2D eigenvalue weighted by Crippen LogP contribution is -2.07. The molecule has 0 aliphatic rings. The molecular formula is C24H18N2O2S2. The van der Waals surface area contributed by atoms with E-state index >= 15 is 0 Å². The Morgan fingerprint density at radius 1 is 0.967 bits per heavy atom. The van der Waals surface area contributed by atoms with E-state index in [0.29, 0.717) is 17.0 Å². The van der Waals surface area contributed by atoms with Gasteiger partial charge in [0.2, 0.25) is 5.91 Å². The van der Waals surface area contributed by atoms with Crippen molar-refractivity contribution in [2.24, 2.45) is 0 Å². The highest BCUT2D eigenvalue weighted by atomic mass is 32.2. The molecule has 0 radical (unpaired) electrons. The molecule has 4 aromatic rings. The predicted octanol–water partition coefficient (Wildman–Crippen LogP) is 5.92. The molecule has 0 bridgehead atoms. The highest BCUT2D eigenvalue weighted by Crippen LogP contribution is 2.31. The Labute approximate surface area is 182 Å². The fourth-order valence-electron chi connectivity index (χ4n) is 2.80. The lowest BCUT2D eigenvalue weighted by atomic mass is 10.2. The molecule has 30 heavy (non-hydrogen) atoms. The summed E-state index contributed by atoms with van der Waals surface area (Å²) in [5.41, 5.74) is 3.25. The molecule has 0 atom stereocenters. The molecule has 4 rings (SSSR count). The van der Waals surface area contributed by atoms with Gasteiger partial charge in [0.25, 0.3) is 0 Å². The second kappa shape index (κ2) is 9.52. The molecular weight excluding hydrogens is 412 g/mol. The van der Waals surface area contributed by atoms with Crippen molar-refractivity contribution >= 4 is 56.8 Å². The number of aromatic nitrogens is 1. The first kappa shape index (κ1) is 20.1. The molecule has 3 aromatic carbocycles. The monoisotopic (exact) mass is 430 g/mol. The summed E-state index contributed by atoms with van der Waals surface area (Å²) in [6.45, 7) is 0. The molecule has 148 valence electrons. The SMILES string of the molecule is O=C(/C=C/c1ccccc1)Nc1ccc2nc(SCC(=O)c3ccccc3)sc2c1. The molecule has 6 heteroatoms. The molecule has 1 amide bonds. The van der Waals surface area contributed by atoms with Crippen LogP contribution in [-0.4, -0.2) is 22.4 Å². The minimum absolute atomic E-state index is 0.0815. The smallest absolute Gasteiger partial charge is 0.248 e. The third-order valence-corrected chi connectivity index (χ3v) is 6.45. The number of rotatable bonds is 7. The van der Waals surface area contributed by atoms with Gasteiger partial charge in [-0.25, -0.2) is 4.98 Å². The largest absolute Gasteiger partial charge is 0.322 e. The number of hydrogen-bond acceptors (Lipinski definition) is 5. The van der Waals surface area contributed by atoms with Crippen molar-refractivity contribution in [3.05, 3.63) is 96.1 Å². The summed E-state index contributed by atoms with van der Waals surface area (Å²) in [5.74, 6) is 0.237. The number of hydrogen-bond donors (Lipinski definition) is 1. The zero-order valence-electron chi connectivity index (χ0n) is 15.9. The van der Waals surface area contributed by atoms with Crippen LogP contribution in [0.25, 0.3) is 16.3 Å². The van der Waals surface area contributed by atoms with Crippen LogP contribution in [0.3, 0.4) is 0 Å². The number of fused-ring (bicyclic) bond motifs is 1. The molecule has 1 N–H and O–H groups in total. The molecule has 1 aromatic heterocycles. The van der Waals surface area contributed by atoms with Gasteiger partial charge in [0.1, 0.15) is 0 Å². The second-order valence-corrected chi connectivity index (χ2v) is 8.73. The maximum atomic E-state index is 12.3. The fourth-order valence-corrected chi connectivity index (χ4v) is 4.80. The van der Waals surface area contributed by atoms with Gasteiger partial charge in [-0.1, -0.05) is 72.4 Å². The Morgan fingerprint density at radius 2 is 1.70 bits per heavy atom. The number of thioether (sulfide) groups is 1. The van der Waals surface area contributed by atoms with Crippen LogP contribution >= 0.6 is 23.1 Å². The Kier molecular flexibility index (Phi) is 6.37. The second-order valence-electron chi connectivity index (χ2n) is 6.47. The summed E-state index contributed by atoms with van der Waals surface area (Å²) in [5, 5.41) is 2.88. The van der Waals surface area contributed by atoms with E-state index in [0.717, 1.165) is 20.1 Å². The van der Waals surface area contributed by atoms with Crippen LogP contribution in [0.2, 0.25) is 0 Å². The van der Waals surface area contributed by atoms with E-state index in [-0.39, 0.29) is 11.7 Å². The number of thiazole rings is 1.